The molecule has 1 N–H and O–H groups in total. The van der Waals surface area contributed by atoms with E-state index in [2.05, 4.69) is 21.1 Å². The van der Waals surface area contributed by atoms with Crippen LogP contribution in [0, 0.1) is 6.92 Å². The summed E-state index contributed by atoms with van der Waals surface area (Å²) in [5.41, 5.74) is 5.71. The van der Waals surface area contributed by atoms with E-state index in [-0.39, 0.29) is 6.61 Å². The van der Waals surface area contributed by atoms with E-state index in [0.29, 0.717) is 6.54 Å². The Morgan fingerprint density at radius 2 is 2.00 bits per heavy atom. The highest BCUT2D eigenvalue weighted by Gasteiger charge is 2.22. The molecule has 1 aliphatic heterocycles. The molecule has 0 amide bonds. The SMILES string of the molecule is Cc1nn2ccccc2c1-c1nc(-c2ccc(CO)cc2)c(C2=NCC=N2)s1. The lowest BCUT2D eigenvalue weighted by Crippen LogP contribution is -1.94. The number of fused-ring (bicyclic) bond motifs is 1. The van der Waals surface area contributed by atoms with Gasteiger partial charge in [-0.2, -0.15) is 5.10 Å². The summed E-state index contributed by atoms with van der Waals surface area (Å²) in [4.78, 5) is 14.9. The number of aliphatic hydroxyl groups excluding tert-OH is 1. The topological polar surface area (TPSA) is 75.1 Å². The molecule has 0 radical (unpaired) electrons. The smallest absolute Gasteiger partial charge is 0.167 e. The maximum atomic E-state index is 9.33. The number of thiazole rings is 1. The lowest BCUT2D eigenvalue weighted by Gasteiger charge is -2.02. The van der Waals surface area contributed by atoms with Gasteiger partial charge >= 0.3 is 0 Å². The zero-order valence-electron chi connectivity index (χ0n) is 15.2. The lowest BCUT2D eigenvalue weighted by molar-refractivity contribution is 0.282. The number of benzene rings is 1. The van der Waals surface area contributed by atoms with Gasteiger partial charge in [-0.3, -0.25) is 4.99 Å². The van der Waals surface area contributed by atoms with E-state index >= 15 is 0 Å². The van der Waals surface area contributed by atoms with Gasteiger partial charge in [-0.15, -0.1) is 11.3 Å². The van der Waals surface area contributed by atoms with Crippen molar-refractivity contribution in [2.75, 3.05) is 6.54 Å². The number of aliphatic hydroxyl groups is 1. The Bertz CT molecular complexity index is 1230. The van der Waals surface area contributed by atoms with Gasteiger partial charge in [-0.25, -0.2) is 14.5 Å². The molecule has 0 atom stereocenters. The minimum atomic E-state index is 0.0219. The van der Waals surface area contributed by atoms with Crippen molar-refractivity contribution >= 4 is 28.9 Å². The summed E-state index contributed by atoms with van der Waals surface area (Å²) >= 11 is 1.59. The maximum Gasteiger partial charge on any atom is 0.167 e. The molecule has 0 spiro atoms. The third-order valence-corrected chi connectivity index (χ3v) is 5.77. The predicted molar refractivity (Wildman–Crippen MR) is 112 cm³/mol. The minimum Gasteiger partial charge on any atom is -0.392 e. The molecule has 1 aromatic carbocycles. The van der Waals surface area contributed by atoms with E-state index in [9.17, 15) is 5.11 Å². The average Bonchev–Trinajstić information content (AvgIpc) is 3.45. The van der Waals surface area contributed by atoms with E-state index in [1.54, 1.807) is 11.3 Å². The van der Waals surface area contributed by atoms with E-state index < -0.39 is 0 Å². The largest absolute Gasteiger partial charge is 0.392 e. The van der Waals surface area contributed by atoms with Crippen molar-refractivity contribution in [1.82, 2.24) is 14.6 Å². The van der Waals surface area contributed by atoms with Gasteiger partial charge in [0.2, 0.25) is 0 Å². The summed E-state index contributed by atoms with van der Waals surface area (Å²) in [6.07, 6.45) is 3.76. The Morgan fingerprint density at radius 3 is 2.75 bits per heavy atom. The van der Waals surface area contributed by atoms with Crippen molar-refractivity contribution in [3.8, 4) is 21.8 Å². The van der Waals surface area contributed by atoms with Gasteiger partial charge < -0.3 is 5.11 Å². The van der Waals surface area contributed by atoms with Gasteiger partial charge in [0, 0.05) is 18.0 Å². The Labute approximate surface area is 165 Å². The molecule has 6 nitrogen and oxygen atoms in total. The number of aromatic nitrogens is 3. The second kappa shape index (κ2) is 6.78. The van der Waals surface area contributed by atoms with Gasteiger partial charge in [-0.1, -0.05) is 30.3 Å². The zero-order chi connectivity index (χ0) is 19.1. The van der Waals surface area contributed by atoms with Crippen LogP contribution in [-0.4, -0.2) is 38.3 Å². The van der Waals surface area contributed by atoms with Gasteiger partial charge in [-0.05, 0) is 24.6 Å². The van der Waals surface area contributed by atoms with Crippen LogP contribution in [-0.2, 0) is 6.61 Å². The number of nitrogens with zero attached hydrogens (tertiary/aromatic N) is 5. The predicted octanol–water partition coefficient (Wildman–Crippen LogP) is 3.76. The highest BCUT2D eigenvalue weighted by Crippen LogP contribution is 2.38. The Kier molecular flexibility index (Phi) is 4.11. The quantitative estimate of drug-likeness (QED) is 0.579. The number of rotatable bonds is 4. The van der Waals surface area contributed by atoms with Crippen LogP contribution >= 0.6 is 11.3 Å². The molecule has 3 aromatic heterocycles. The van der Waals surface area contributed by atoms with Gasteiger partial charge in [0.05, 0.1) is 40.5 Å². The van der Waals surface area contributed by atoms with Crippen molar-refractivity contribution in [2.45, 2.75) is 13.5 Å². The van der Waals surface area contributed by atoms with Crippen LogP contribution in [0.2, 0.25) is 0 Å². The number of aliphatic imine (C=N–C) groups is 2. The molecular formula is C21H17N5OS. The highest BCUT2D eigenvalue weighted by molar-refractivity contribution is 7.17. The average molecular weight is 387 g/mol. The molecule has 0 fully saturated rings. The van der Waals surface area contributed by atoms with Crippen LogP contribution in [0.4, 0.5) is 0 Å². The second-order valence-corrected chi connectivity index (χ2v) is 7.52. The molecule has 0 saturated heterocycles. The van der Waals surface area contributed by atoms with E-state index in [1.165, 1.54) is 0 Å². The van der Waals surface area contributed by atoms with Crippen molar-refractivity contribution in [1.29, 1.82) is 0 Å². The summed E-state index contributed by atoms with van der Waals surface area (Å²) in [5.74, 6) is 0.721. The van der Waals surface area contributed by atoms with Crippen LogP contribution in [0.1, 0.15) is 16.1 Å². The molecular weight excluding hydrogens is 370 g/mol. The number of amidine groups is 1. The fraction of sp³-hybridized carbons (Fsp3) is 0.143. The van der Waals surface area contributed by atoms with Crippen molar-refractivity contribution in [2.24, 2.45) is 9.98 Å². The van der Waals surface area contributed by atoms with Gasteiger partial charge in [0.1, 0.15) is 5.01 Å². The van der Waals surface area contributed by atoms with Crippen LogP contribution < -0.4 is 0 Å². The number of pyridine rings is 1. The van der Waals surface area contributed by atoms with E-state index in [1.807, 2.05) is 60.2 Å². The lowest BCUT2D eigenvalue weighted by atomic mass is 10.1. The molecule has 28 heavy (non-hydrogen) atoms. The standard InChI is InChI=1S/C21H17N5OS/c1-13-17(16-4-2-3-11-26(16)25-13)21-24-18(15-7-5-14(12-27)6-8-15)19(28-21)20-22-9-10-23-20/h2-9,11,27H,10,12H2,1H3. The van der Waals surface area contributed by atoms with Crippen LogP contribution in [0.25, 0.3) is 27.3 Å². The fourth-order valence-electron chi connectivity index (χ4n) is 3.35. The summed E-state index contributed by atoms with van der Waals surface area (Å²) in [6, 6.07) is 13.8. The van der Waals surface area contributed by atoms with Crippen LogP contribution in [0.3, 0.4) is 0 Å². The first kappa shape index (κ1) is 17.0. The number of aryl methyl sites for hydroxylation is 1. The molecule has 0 aliphatic carbocycles. The van der Waals surface area contributed by atoms with Crippen molar-refractivity contribution < 1.29 is 5.11 Å². The van der Waals surface area contributed by atoms with E-state index in [4.69, 9.17) is 4.98 Å². The molecule has 138 valence electrons. The van der Waals surface area contributed by atoms with Gasteiger partial charge in [0.25, 0.3) is 0 Å². The molecule has 4 heterocycles. The van der Waals surface area contributed by atoms with Crippen LogP contribution in [0.5, 0.6) is 0 Å². The molecule has 4 aromatic rings. The summed E-state index contributed by atoms with van der Waals surface area (Å²) in [5, 5.41) is 14.8. The first-order valence-corrected chi connectivity index (χ1v) is 9.79. The normalized spacial score (nSPS) is 13.4. The third-order valence-electron chi connectivity index (χ3n) is 4.71. The van der Waals surface area contributed by atoms with Crippen LogP contribution in [0.15, 0.2) is 58.6 Å². The Balaban J connectivity index is 1.71. The van der Waals surface area contributed by atoms with E-state index in [0.717, 1.165) is 49.3 Å². The summed E-state index contributed by atoms with van der Waals surface area (Å²) < 4.78 is 1.88. The maximum absolute atomic E-state index is 9.33. The first-order chi connectivity index (χ1) is 13.7. The molecule has 7 heteroatoms. The Hall–Kier alpha value is -3.16. The monoisotopic (exact) mass is 387 g/mol. The van der Waals surface area contributed by atoms with Crippen molar-refractivity contribution in [3.05, 3.63) is 64.8 Å². The first-order valence-electron chi connectivity index (χ1n) is 8.97. The highest BCUT2D eigenvalue weighted by atomic mass is 32.1. The summed E-state index contributed by atoms with van der Waals surface area (Å²) in [7, 11) is 0. The molecule has 0 saturated carbocycles. The zero-order valence-corrected chi connectivity index (χ0v) is 16.0. The second-order valence-electron chi connectivity index (χ2n) is 6.52. The minimum absolute atomic E-state index is 0.0219. The number of hydrogen-bond acceptors (Lipinski definition) is 6. The van der Waals surface area contributed by atoms with Gasteiger partial charge in [0.15, 0.2) is 5.84 Å². The van der Waals surface area contributed by atoms with Crippen molar-refractivity contribution in [3.63, 3.8) is 0 Å². The molecule has 5 rings (SSSR count). The molecule has 0 bridgehead atoms. The molecule has 1 aliphatic rings. The number of hydrogen-bond donors (Lipinski definition) is 1. The Morgan fingerprint density at radius 1 is 1.14 bits per heavy atom. The fourth-order valence-corrected chi connectivity index (χ4v) is 4.50. The third kappa shape index (κ3) is 2.76. The summed E-state index contributed by atoms with van der Waals surface area (Å²) in [6.45, 7) is 2.62. The molecule has 0 unspecified atom stereocenters.